The van der Waals surface area contributed by atoms with Crippen molar-refractivity contribution in [3.63, 3.8) is 0 Å². The first kappa shape index (κ1) is 38.6. The molecule has 10 aromatic rings. The molecule has 0 aliphatic heterocycles. The zero-order valence-corrected chi connectivity index (χ0v) is 34.3. The van der Waals surface area contributed by atoms with Gasteiger partial charge >= 0.3 is 0 Å². The standard InChI is InChI=1S/C56H39N7/c1-57-52(60-53(41-24-11-4-12-25-41)58-37-38-19-7-2-8-20-38)45-33-44(48-36-50(40-22-9-3-10-23-40)59-49-32-31-39-21-17-18-30-47(39)51(48)49)34-46(35-45)56-62-54(42-26-13-5-14-27-42)61-55(63-56)43-28-15-6-16-29-43/h2-36H,1,37H2/b58-53-,60-52-. The SMILES string of the molecule is C=N/C(=N\C(=N/Cc1ccccc1)c1ccccc1)c1cc(-c2nc(-c3ccccc3)nc(-c3ccccc3)n2)cc(-c2cc(-c3ccccc3)nc3ccc4ccccc4c23)c1. The van der Waals surface area contributed by atoms with Crippen LogP contribution < -0.4 is 0 Å². The predicted molar refractivity (Wildman–Crippen MR) is 259 cm³/mol. The number of hydrogen-bond acceptors (Lipinski definition) is 5. The Kier molecular flexibility index (Phi) is 10.8. The Morgan fingerprint density at radius 3 is 1.60 bits per heavy atom. The second-order valence-corrected chi connectivity index (χ2v) is 15.0. The molecular formula is C56H39N7. The molecule has 63 heavy (non-hydrogen) atoms. The van der Waals surface area contributed by atoms with E-state index in [2.05, 4.69) is 90.6 Å². The van der Waals surface area contributed by atoms with E-state index in [1.54, 1.807) is 0 Å². The van der Waals surface area contributed by atoms with Gasteiger partial charge in [0.05, 0.1) is 17.8 Å². The van der Waals surface area contributed by atoms with E-state index in [1.165, 1.54) is 0 Å². The summed E-state index contributed by atoms with van der Waals surface area (Å²) in [6, 6.07) is 71.6. The van der Waals surface area contributed by atoms with Crippen LogP contribution >= 0.6 is 0 Å². The molecule has 0 aliphatic rings. The summed E-state index contributed by atoms with van der Waals surface area (Å²) in [6.07, 6.45) is 0. The first-order chi connectivity index (χ1) is 31.2. The van der Waals surface area contributed by atoms with Crippen molar-refractivity contribution in [2.24, 2.45) is 15.0 Å². The molecule has 0 aliphatic carbocycles. The third-order valence-corrected chi connectivity index (χ3v) is 10.9. The normalized spacial score (nSPS) is 11.8. The van der Waals surface area contributed by atoms with Crippen molar-refractivity contribution in [1.82, 2.24) is 19.9 Å². The zero-order valence-electron chi connectivity index (χ0n) is 34.3. The van der Waals surface area contributed by atoms with E-state index in [0.29, 0.717) is 35.7 Å². The van der Waals surface area contributed by atoms with E-state index in [-0.39, 0.29) is 0 Å². The number of amidine groups is 2. The molecule has 0 N–H and O–H groups in total. The maximum Gasteiger partial charge on any atom is 0.164 e. The van der Waals surface area contributed by atoms with E-state index in [1.807, 2.05) is 133 Å². The van der Waals surface area contributed by atoms with Crippen molar-refractivity contribution >= 4 is 40.1 Å². The fraction of sp³-hybridized carbons (Fsp3) is 0.0179. The molecule has 0 saturated carbocycles. The molecule has 0 spiro atoms. The minimum atomic E-state index is 0.404. The number of nitrogens with zero attached hydrogens (tertiary/aromatic N) is 7. The third kappa shape index (κ3) is 8.31. The monoisotopic (exact) mass is 809 g/mol. The Hall–Kier alpha value is -8.55. The molecule has 0 saturated heterocycles. The zero-order chi connectivity index (χ0) is 42.4. The van der Waals surface area contributed by atoms with Crippen LogP contribution in [0.15, 0.2) is 227 Å². The van der Waals surface area contributed by atoms with Gasteiger partial charge in [0.2, 0.25) is 0 Å². The minimum Gasteiger partial charge on any atom is -0.261 e. The lowest BCUT2D eigenvalue weighted by Gasteiger charge is -2.16. The van der Waals surface area contributed by atoms with E-state index in [0.717, 1.165) is 77.4 Å². The molecule has 8 aromatic carbocycles. The largest absolute Gasteiger partial charge is 0.261 e. The summed E-state index contributed by atoms with van der Waals surface area (Å²) in [5, 5.41) is 3.24. The maximum absolute atomic E-state index is 5.24. The lowest BCUT2D eigenvalue weighted by Crippen LogP contribution is -2.07. The molecule has 0 amide bonds. The second kappa shape index (κ2) is 17.6. The molecule has 298 valence electrons. The van der Waals surface area contributed by atoms with Crippen LogP contribution in [0.1, 0.15) is 16.7 Å². The Morgan fingerprint density at radius 2 is 0.968 bits per heavy atom. The van der Waals surface area contributed by atoms with Gasteiger partial charge in [-0.25, -0.2) is 29.9 Å². The number of rotatable bonds is 9. The van der Waals surface area contributed by atoms with Crippen LogP contribution in [0.3, 0.4) is 0 Å². The number of aromatic nitrogens is 4. The molecule has 0 radical (unpaired) electrons. The summed E-state index contributed by atoms with van der Waals surface area (Å²) in [5.41, 5.74) is 9.81. The maximum atomic E-state index is 5.24. The molecule has 0 fully saturated rings. The molecule has 0 bridgehead atoms. The second-order valence-electron chi connectivity index (χ2n) is 15.0. The summed E-state index contributed by atoms with van der Waals surface area (Å²) < 4.78 is 0. The average Bonchev–Trinajstić information content (AvgIpc) is 3.37. The van der Waals surface area contributed by atoms with Crippen molar-refractivity contribution in [2.45, 2.75) is 6.54 Å². The van der Waals surface area contributed by atoms with Crippen molar-refractivity contribution in [3.05, 3.63) is 229 Å². The summed E-state index contributed by atoms with van der Waals surface area (Å²) in [6.45, 7) is 4.51. The van der Waals surface area contributed by atoms with Crippen molar-refractivity contribution in [3.8, 4) is 56.5 Å². The highest BCUT2D eigenvalue weighted by Crippen LogP contribution is 2.39. The van der Waals surface area contributed by atoms with Gasteiger partial charge in [-0.3, -0.25) is 4.99 Å². The highest BCUT2D eigenvalue weighted by molar-refractivity contribution is 6.16. The molecular weight excluding hydrogens is 771 g/mol. The van der Waals surface area contributed by atoms with Crippen LogP contribution in [-0.4, -0.2) is 38.3 Å². The van der Waals surface area contributed by atoms with E-state index < -0.39 is 0 Å². The van der Waals surface area contributed by atoms with Gasteiger partial charge in [0, 0.05) is 38.8 Å². The Morgan fingerprint density at radius 1 is 0.429 bits per heavy atom. The smallest absolute Gasteiger partial charge is 0.164 e. The molecule has 7 heteroatoms. The van der Waals surface area contributed by atoms with Crippen LogP contribution in [-0.2, 0) is 6.54 Å². The molecule has 2 aromatic heterocycles. The number of pyridine rings is 1. The van der Waals surface area contributed by atoms with Gasteiger partial charge in [-0.2, -0.15) is 0 Å². The molecule has 10 rings (SSSR count). The van der Waals surface area contributed by atoms with Gasteiger partial charge in [0.15, 0.2) is 29.1 Å². The van der Waals surface area contributed by atoms with E-state index in [4.69, 9.17) is 29.9 Å². The number of hydrogen-bond donors (Lipinski definition) is 0. The van der Waals surface area contributed by atoms with Crippen molar-refractivity contribution in [1.29, 1.82) is 0 Å². The summed E-state index contributed by atoms with van der Waals surface area (Å²) in [5.74, 6) is 2.57. The van der Waals surface area contributed by atoms with Crippen molar-refractivity contribution in [2.75, 3.05) is 0 Å². The summed E-state index contributed by atoms with van der Waals surface area (Å²) in [7, 11) is 0. The van der Waals surface area contributed by atoms with E-state index in [9.17, 15) is 0 Å². The van der Waals surface area contributed by atoms with Crippen LogP contribution in [0.25, 0.3) is 78.2 Å². The Labute approximate surface area is 365 Å². The average molecular weight is 810 g/mol. The van der Waals surface area contributed by atoms with Gasteiger partial charge in [0.25, 0.3) is 0 Å². The number of aliphatic imine (C=N–C) groups is 3. The van der Waals surface area contributed by atoms with Gasteiger partial charge in [-0.05, 0) is 64.5 Å². The highest BCUT2D eigenvalue weighted by atomic mass is 15.0. The molecule has 2 heterocycles. The van der Waals surface area contributed by atoms with Gasteiger partial charge in [0.1, 0.15) is 0 Å². The van der Waals surface area contributed by atoms with Crippen LogP contribution in [0, 0.1) is 0 Å². The number of benzene rings is 8. The summed E-state index contributed by atoms with van der Waals surface area (Å²) in [4.78, 5) is 35.4. The van der Waals surface area contributed by atoms with Crippen LogP contribution in [0.4, 0.5) is 0 Å². The van der Waals surface area contributed by atoms with Gasteiger partial charge in [-0.15, -0.1) is 0 Å². The third-order valence-electron chi connectivity index (χ3n) is 10.9. The first-order valence-electron chi connectivity index (χ1n) is 20.8. The first-order valence-corrected chi connectivity index (χ1v) is 20.8. The quantitative estimate of drug-likeness (QED) is 0.0825. The lowest BCUT2D eigenvalue weighted by molar-refractivity contribution is 1.06. The van der Waals surface area contributed by atoms with Gasteiger partial charge in [-0.1, -0.05) is 182 Å². The minimum absolute atomic E-state index is 0.404. The predicted octanol–water partition coefficient (Wildman–Crippen LogP) is 13.0. The Balaban J connectivity index is 1.25. The van der Waals surface area contributed by atoms with E-state index >= 15 is 0 Å². The Bertz CT molecular complexity index is 3240. The van der Waals surface area contributed by atoms with Crippen molar-refractivity contribution < 1.29 is 0 Å². The number of fused-ring (bicyclic) bond motifs is 3. The lowest BCUT2D eigenvalue weighted by atomic mass is 9.92. The molecule has 7 nitrogen and oxygen atoms in total. The fourth-order valence-corrected chi connectivity index (χ4v) is 7.79. The molecule has 0 unspecified atom stereocenters. The van der Waals surface area contributed by atoms with Gasteiger partial charge < -0.3 is 0 Å². The molecule has 0 atom stereocenters. The highest BCUT2D eigenvalue weighted by Gasteiger charge is 2.19. The van der Waals surface area contributed by atoms with Crippen LogP contribution in [0.2, 0.25) is 0 Å². The topological polar surface area (TPSA) is 88.6 Å². The fourth-order valence-electron chi connectivity index (χ4n) is 7.79. The summed E-state index contributed by atoms with van der Waals surface area (Å²) >= 11 is 0. The van der Waals surface area contributed by atoms with Crippen LogP contribution in [0.5, 0.6) is 0 Å².